The number of nitrogens with one attached hydrogen (secondary N) is 1. The molecule has 0 saturated heterocycles. The van der Waals surface area contributed by atoms with Gasteiger partial charge in [0.1, 0.15) is 0 Å². The fraction of sp³-hybridized carbons (Fsp3) is 0.400. The Morgan fingerprint density at radius 1 is 1.42 bits per heavy atom. The molecule has 1 fully saturated rings. The van der Waals surface area contributed by atoms with Crippen molar-refractivity contribution in [1.82, 2.24) is 9.88 Å². The van der Waals surface area contributed by atoms with Gasteiger partial charge in [-0.3, -0.25) is 4.79 Å². The van der Waals surface area contributed by atoms with E-state index in [1.807, 2.05) is 25.4 Å². The molecule has 0 radical (unpaired) electrons. The van der Waals surface area contributed by atoms with Crippen molar-refractivity contribution in [3.63, 3.8) is 0 Å². The molecule has 0 atom stereocenters. The number of benzene rings is 1. The average Bonchev–Trinajstić information content (AvgIpc) is 3.06. The number of aromatic amines is 1. The van der Waals surface area contributed by atoms with Gasteiger partial charge in [-0.05, 0) is 31.5 Å². The third-order valence-electron chi connectivity index (χ3n) is 3.99. The predicted molar refractivity (Wildman–Crippen MR) is 73.9 cm³/mol. The molecule has 100 valence electrons. The highest BCUT2D eigenvalue weighted by atomic mass is 16.4. The van der Waals surface area contributed by atoms with E-state index in [2.05, 4.69) is 22.0 Å². The maximum absolute atomic E-state index is 11.2. The summed E-state index contributed by atoms with van der Waals surface area (Å²) in [7, 11) is 1.99. The molecule has 2 aromatic rings. The fourth-order valence-corrected chi connectivity index (χ4v) is 2.72. The van der Waals surface area contributed by atoms with Crippen LogP contribution in [0, 0.1) is 5.41 Å². The van der Waals surface area contributed by atoms with E-state index in [9.17, 15) is 9.90 Å². The van der Waals surface area contributed by atoms with Crippen LogP contribution in [0.2, 0.25) is 0 Å². The molecule has 2 N–H and O–H groups in total. The van der Waals surface area contributed by atoms with Crippen LogP contribution in [0.4, 0.5) is 0 Å². The normalized spacial score (nSPS) is 16.9. The van der Waals surface area contributed by atoms with Gasteiger partial charge in [0.05, 0.1) is 5.41 Å². The molecule has 0 spiro atoms. The summed E-state index contributed by atoms with van der Waals surface area (Å²) in [4.78, 5) is 16.6. The summed E-state index contributed by atoms with van der Waals surface area (Å²) in [6, 6.07) is 8.19. The van der Waals surface area contributed by atoms with Crippen LogP contribution in [0.25, 0.3) is 10.9 Å². The summed E-state index contributed by atoms with van der Waals surface area (Å²) < 4.78 is 0. The molecule has 1 aliphatic rings. The summed E-state index contributed by atoms with van der Waals surface area (Å²) in [6.07, 6.45) is 3.63. The number of aromatic nitrogens is 1. The molecular formula is C15H18N2O2. The van der Waals surface area contributed by atoms with Crippen molar-refractivity contribution >= 4 is 16.9 Å². The quantitative estimate of drug-likeness (QED) is 0.866. The zero-order valence-electron chi connectivity index (χ0n) is 11.0. The topological polar surface area (TPSA) is 56.3 Å². The maximum Gasteiger partial charge on any atom is 0.310 e. The zero-order chi connectivity index (χ0) is 13.5. The Balaban J connectivity index is 1.73. The molecule has 1 heterocycles. The van der Waals surface area contributed by atoms with Crippen molar-refractivity contribution in [1.29, 1.82) is 0 Å². The molecule has 4 heteroatoms. The Bertz CT molecular complexity index is 613. The van der Waals surface area contributed by atoms with E-state index >= 15 is 0 Å². The number of carbonyl (C=O) groups is 1. The number of fused-ring (bicyclic) bond motifs is 1. The van der Waals surface area contributed by atoms with Crippen LogP contribution in [0.3, 0.4) is 0 Å². The van der Waals surface area contributed by atoms with Gasteiger partial charge >= 0.3 is 5.97 Å². The summed E-state index contributed by atoms with van der Waals surface area (Å²) in [5.74, 6) is -0.654. The standard InChI is InChI=1S/C15H18N2O2/c1-17(10-15(6-7-15)14(18)19)9-11-8-16-13-5-3-2-4-12(11)13/h2-5,8,16H,6-7,9-10H2,1H3,(H,18,19). The van der Waals surface area contributed by atoms with Gasteiger partial charge in [0.25, 0.3) is 0 Å². The van der Waals surface area contributed by atoms with E-state index in [1.165, 1.54) is 10.9 Å². The molecule has 1 aromatic heterocycles. The summed E-state index contributed by atoms with van der Waals surface area (Å²) >= 11 is 0. The Morgan fingerprint density at radius 2 is 2.16 bits per heavy atom. The van der Waals surface area contributed by atoms with E-state index in [0.29, 0.717) is 6.54 Å². The van der Waals surface area contributed by atoms with Crippen LogP contribution in [0.15, 0.2) is 30.5 Å². The Labute approximate surface area is 112 Å². The second-order valence-corrected chi connectivity index (χ2v) is 5.62. The number of carboxylic acids is 1. The molecule has 0 amide bonds. The lowest BCUT2D eigenvalue weighted by atomic mass is 10.1. The summed E-state index contributed by atoms with van der Waals surface area (Å²) in [5, 5.41) is 10.4. The number of hydrogen-bond donors (Lipinski definition) is 2. The summed E-state index contributed by atoms with van der Waals surface area (Å²) in [6.45, 7) is 1.40. The van der Waals surface area contributed by atoms with Crippen molar-refractivity contribution in [3.8, 4) is 0 Å². The van der Waals surface area contributed by atoms with Crippen molar-refractivity contribution in [3.05, 3.63) is 36.0 Å². The van der Waals surface area contributed by atoms with Crippen LogP contribution >= 0.6 is 0 Å². The fourth-order valence-electron chi connectivity index (χ4n) is 2.72. The number of hydrogen-bond acceptors (Lipinski definition) is 2. The Kier molecular flexibility index (Phi) is 2.82. The van der Waals surface area contributed by atoms with E-state index in [-0.39, 0.29) is 0 Å². The van der Waals surface area contributed by atoms with Crippen molar-refractivity contribution in [2.24, 2.45) is 5.41 Å². The monoisotopic (exact) mass is 258 g/mol. The first kappa shape index (κ1) is 12.2. The first-order valence-corrected chi connectivity index (χ1v) is 6.58. The number of aliphatic carboxylic acids is 1. The molecule has 1 aliphatic carbocycles. The smallest absolute Gasteiger partial charge is 0.310 e. The van der Waals surface area contributed by atoms with Crippen LogP contribution in [-0.4, -0.2) is 34.6 Å². The minimum Gasteiger partial charge on any atom is -0.481 e. The molecule has 0 bridgehead atoms. The van der Waals surface area contributed by atoms with Gasteiger partial charge in [-0.25, -0.2) is 0 Å². The van der Waals surface area contributed by atoms with Gasteiger partial charge in [-0.15, -0.1) is 0 Å². The van der Waals surface area contributed by atoms with E-state index < -0.39 is 11.4 Å². The molecule has 0 aliphatic heterocycles. The van der Waals surface area contributed by atoms with Gasteiger partial charge < -0.3 is 15.0 Å². The van der Waals surface area contributed by atoms with Crippen molar-refractivity contribution < 1.29 is 9.90 Å². The number of H-pyrrole nitrogens is 1. The van der Waals surface area contributed by atoms with Gasteiger partial charge in [0.15, 0.2) is 0 Å². The molecule has 4 nitrogen and oxygen atoms in total. The van der Waals surface area contributed by atoms with E-state index in [4.69, 9.17) is 0 Å². The minimum absolute atomic E-state index is 0.485. The second kappa shape index (κ2) is 4.38. The molecule has 1 saturated carbocycles. The first-order chi connectivity index (χ1) is 9.11. The van der Waals surface area contributed by atoms with Crippen LogP contribution < -0.4 is 0 Å². The zero-order valence-corrected chi connectivity index (χ0v) is 11.0. The lowest BCUT2D eigenvalue weighted by Crippen LogP contribution is -2.31. The Hall–Kier alpha value is -1.81. The maximum atomic E-state index is 11.2. The van der Waals surface area contributed by atoms with Gasteiger partial charge in [0, 0.05) is 30.2 Å². The van der Waals surface area contributed by atoms with Crippen molar-refractivity contribution in [2.75, 3.05) is 13.6 Å². The SMILES string of the molecule is CN(Cc1c[nH]c2ccccc12)CC1(C(=O)O)CC1. The molecule has 3 rings (SSSR count). The average molecular weight is 258 g/mol. The number of nitrogens with zero attached hydrogens (tertiary/aromatic N) is 1. The van der Waals surface area contributed by atoms with E-state index in [1.54, 1.807) is 0 Å². The van der Waals surface area contributed by atoms with Gasteiger partial charge in [0.2, 0.25) is 0 Å². The summed E-state index contributed by atoms with van der Waals surface area (Å²) in [5.41, 5.74) is 1.87. The third-order valence-corrected chi connectivity index (χ3v) is 3.99. The van der Waals surface area contributed by atoms with Crippen LogP contribution in [0.1, 0.15) is 18.4 Å². The number of para-hydroxylation sites is 1. The van der Waals surface area contributed by atoms with Gasteiger partial charge in [-0.1, -0.05) is 18.2 Å². The molecule has 0 unspecified atom stereocenters. The lowest BCUT2D eigenvalue weighted by molar-refractivity contribution is -0.144. The van der Waals surface area contributed by atoms with Crippen LogP contribution in [0.5, 0.6) is 0 Å². The highest BCUT2D eigenvalue weighted by molar-refractivity contribution is 5.83. The first-order valence-electron chi connectivity index (χ1n) is 6.58. The molecule has 19 heavy (non-hydrogen) atoms. The predicted octanol–water partition coefficient (Wildman–Crippen LogP) is 2.46. The second-order valence-electron chi connectivity index (χ2n) is 5.62. The minimum atomic E-state index is -0.654. The third kappa shape index (κ3) is 2.24. The molecule has 1 aromatic carbocycles. The van der Waals surface area contributed by atoms with Gasteiger partial charge in [-0.2, -0.15) is 0 Å². The highest BCUT2D eigenvalue weighted by Gasteiger charge is 2.50. The number of rotatable bonds is 5. The molecular weight excluding hydrogens is 240 g/mol. The number of carboxylic acid groups (broad SMARTS) is 1. The van der Waals surface area contributed by atoms with Crippen molar-refractivity contribution in [2.45, 2.75) is 19.4 Å². The largest absolute Gasteiger partial charge is 0.481 e. The highest BCUT2D eigenvalue weighted by Crippen LogP contribution is 2.46. The van der Waals surface area contributed by atoms with Crippen LogP contribution in [-0.2, 0) is 11.3 Å². The Morgan fingerprint density at radius 3 is 2.84 bits per heavy atom. The van der Waals surface area contributed by atoms with E-state index in [0.717, 1.165) is 24.9 Å². The lowest BCUT2D eigenvalue weighted by Gasteiger charge is -2.20.